The highest BCUT2D eigenvalue weighted by molar-refractivity contribution is 5.77. The lowest BCUT2D eigenvalue weighted by molar-refractivity contribution is 0.105. The van der Waals surface area contributed by atoms with Gasteiger partial charge in [-0.2, -0.15) is 0 Å². The molecule has 1 saturated heterocycles. The third-order valence-electron chi connectivity index (χ3n) is 3.18. The smallest absolute Gasteiger partial charge is 0.409 e. The minimum atomic E-state index is -0.246. The molecule has 0 bridgehead atoms. The Balaban J connectivity index is 1.95. The lowest BCUT2D eigenvalue weighted by Gasteiger charge is -2.35. The molecule has 0 saturated carbocycles. The van der Waals surface area contributed by atoms with Gasteiger partial charge < -0.3 is 14.5 Å². The molecule has 1 fully saturated rings. The van der Waals surface area contributed by atoms with Crippen LogP contribution in [0.5, 0.6) is 0 Å². The minimum Gasteiger partial charge on any atom is -0.450 e. The van der Waals surface area contributed by atoms with Crippen molar-refractivity contribution in [1.29, 1.82) is 0 Å². The first-order chi connectivity index (χ1) is 9.24. The third-order valence-corrected chi connectivity index (χ3v) is 3.18. The Morgan fingerprint density at radius 3 is 2.68 bits per heavy atom. The summed E-state index contributed by atoms with van der Waals surface area (Å²) in [5.74, 6) is 0. The molecule has 1 aromatic carbocycles. The van der Waals surface area contributed by atoms with Gasteiger partial charge in [0.1, 0.15) is 6.29 Å². The number of aldehydes is 1. The lowest BCUT2D eigenvalue weighted by Crippen LogP contribution is -2.49. The van der Waals surface area contributed by atoms with Gasteiger partial charge in [0.25, 0.3) is 0 Å². The van der Waals surface area contributed by atoms with E-state index in [1.54, 1.807) is 17.9 Å². The maximum Gasteiger partial charge on any atom is 0.409 e. The van der Waals surface area contributed by atoms with Crippen molar-refractivity contribution in [2.45, 2.75) is 6.92 Å². The van der Waals surface area contributed by atoms with E-state index in [4.69, 9.17) is 4.74 Å². The zero-order valence-corrected chi connectivity index (χ0v) is 11.0. The molecular weight excluding hydrogens is 244 g/mol. The molecule has 0 atom stereocenters. The second kappa shape index (κ2) is 6.22. The molecule has 1 aliphatic heterocycles. The summed E-state index contributed by atoms with van der Waals surface area (Å²) >= 11 is 0. The van der Waals surface area contributed by atoms with Gasteiger partial charge in [-0.05, 0) is 19.1 Å². The Kier molecular flexibility index (Phi) is 4.39. The van der Waals surface area contributed by atoms with E-state index in [9.17, 15) is 9.59 Å². The number of nitrogens with zero attached hydrogens (tertiary/aromatic N) is 2. The van der Waals surface area contributed by atoms with Gasteiger partial charge in [-0.1, -0.05) is 12.1 Å². The maximum absolute atomic E-state index is 11.6. The molecule has 2 rings (SSSR count). The fourth-order valence-electron chi connectivity index (χ4n) is 2.16. The van der Waals surface area contributed by atoms with E-state index in [0.29, 0.717) is 25.3 Å². The van der Waals surface area contributed by atoms with Crippen molar-refractivity contribution < 1.29 is 14.3 Å². The van der Waals surface area contributed by atoms with Crippen LogP contribution in [0.3, 0.4) is 0 Å². The minimum absolute atomic E-state index is 0.246. The Labute approximate surface area is 112 Å². The number of benzene rings is 1. The first-order valence-corrected chi connectivity index (χ1v) is 6.46. The molecule has 1 heterocycles. The van der Waals surface area contributed by atoms with Crippen LogP contribution in [0.2, 0.25) is 0 Å². The van der Waals surface area contributed by atoms with Crippen LogP contribution in [0.15, 0.2) is 24.3 Å². The van der Waals surface area contributed by atoms with Gasteiger partial charge in [0.15, 0.2) is 0 Å². The zero-order valence-electron chi connectivity index (χ0n) is 11.0. The van der Waals surface area contributed by atoms with E-state index in [0.717, 1.165) is 25.1 Å². The summed E-state index contributed by atoms with van der Waals surface area (Å²) in [5, 5.41) is 0. The molecule has 0 aliphatic carbocycles. The number of carbonyl (C=O) groups is 2. The van der Waals surface area contributed by atoms with Crippen LogP contribution in [0.25, 0.3) is 0 Å². The summed E-state index contributed by atoms with van der Waals surface area (Å²) in [6.45, 7) is 5.00. The highest BCUT2D eigenvalue weighted by Gasteiger charge is 2.21. The fourth-order valence-corrected chi connectivity index (χ4v) is 2.16. The molecule has 0 N–H and O–H groups in total. The number of rotatable bonds is 3. The highest BCUT2D eigenvalue weighted by atomic mass is 16.6. The quantitative estimate of drug-likeness (QED) is 0.779. The molecular formula is C14H18N2O3. The fraction of sp³-hybridized carbons (Fsp3) is 0.429. The first kappa shape index (κ1) is 13.4. The second-order valence-electron chi connectivity index (χ2n) is 4.39. The van der Waals surface area contributed by atoms with Gasteiger partial charge in [-0.15, -0.1) is 0 Å². The summed E-state index contributed by atoms with van der Waals surface area (Å²) < 4.78 is 4.98. The third kappa shape index (κ3) is 3.24. The molecule has 1 amide bonds. The SMILES string of the molecule is CCOC(=O)N1CCN(c2cccc(C=O)c2)CC1. The van der Waals surface area contributed by atoms with Crippen LogP contribution in [0, 0.1) is 0 Å². The molecule has 5 heteroatoms. The number of amides is 1. The molecule has 19 heavy (non-hydrogen) atoms. The lowest BCUT2D eigenvalue weighted by atomic mass is 10.2. The zero-order chi connectivity index (χ0) is 13.7. The van der Waals surface area contributed by atoms with Gasteiger partial charge >= 0.3 is 6.09 Å². The second-order valence-corrected chi connectivity index (χ2v) is 4.39. The van der Waals surface area contributed by atoms with Crippen molar-refractivity contribution in [2.24, 2.45) is 0 Å². The van der Waals surface area contributed by atoms with Crippen LogP contribution in [-0.2, 0) is 4.74 Å². The van der Waals surface area contributed by atoms with Gasteiger partial charge in [0.2, 0.25) is 0 Å². The molecule has 5 nitrogen and oxygen atoms in total. The summed E-state index contributed by atoms with van der Waals surface area (Å²) in [6.07, 6.45) is 0.599. The van der Waals surface area contributed by atoms with Gasteiger partial charge in [-0.25, -0.2) is 4.79 Å². The van der Waals surface area contributed by atoms with Gasteiger partial charge in [0.05, 0.1) is 6.61 Å². The monoisotopic (exact) mass is 262 g/mol. The Morgan fingerprint density at radius 2 is 2.05 bits per heavy atom. The van der Waals surface area contributed by atoms with E-state index in [1.807, 2.05) is 18.2 Å². The summed E-state index contributed by atoms with van der Waals surface area (Å²) in [7, 11) is 0. The topological polar surface area (TPSA) is 49.9 Å². The van der Waals surface area contributed by atoms with E-state index in [2.05, 4.69) is 4.90 Å². The van der Waals surface area contributed by atoms with Crippen molar-refractivity contribution in [3.05, 3.63) is 29.8 Å². The van der Waals surface area contributed by atoms with Crippen molar-refractivity contribution in [2.75, 3.05) is 37.7 Å². The number of carbonyl (C=O) groups excluding carboxylic acids is 2. The highest BCUT2D eigenvalue weighted by Crippen LogP contribution is 2.17. The predicted molar refractivity (Wildman–Crippen MR) is 72.6 cm³/mol. The molecule has 102 valence electrons. The Bertz CT molecular complexity index is 454. The molecule has 1 aliphatic rings. The number of hydrogen-bond donors (Lipinski definition) is 0. The van der Waals surface area contributed by atoms with Crippen LogP contribution in [-0.4, -0.2) is 50.1 Å². The summed E-state index contributed by atoms with van der Waals surface area (Å²) in [5.41, 5.74) is 1.69. The molecule has 0 spiro atoms. The predicted octanol–water partition coefficient (Wildman–Crippen LogP) is 1.78. The summed E-state index contributed by atoms with van der Waals surface area (Å²) in [4.78, 5) is 26.2. The Morgan fingerprint density at radius 1 is 1.32 bits per heavy atom. The van der Waals surface area contributed by atoms with E-state index in [-0.39, 0.29) is 6.09 Å². The van der Waals surface area contributed by atoms with E-state index < -0.39 is 0 Å². The number of ether oxygens (including phenoxy) is 1. The van der Waals surface area contributed by atoms with Crippen LogP contribution in [0.4, 0.5) is 10.5 Å². The Hall–Kier alpha value is -2.04. The number of anilines is 1. The average molecular weight is 262 g/mol. The van der Waals surface area contributed by atoms with E-state index >= 15 is 0 Å². The normalized spacial score (nSPS) is 15.2. The molecule has 1 aromatic rings. The largest absolute Gasteiger partial charge is 0.450 e. The van der Waals surface area contributed by atoms with Crippen LogP contribution in [0.1, 0.15) is 17.3 Å². The molecule has 0 unspecified atom stereocenters. The molecule has 0 aromatic heterocycles. The number of hydrogen-bond acceptors (Lipinski definition) is 4. The van der Waals surface area contributed by atoms with Crippen molar-refractivity contribution >= 4 is 18.1 Å². The van der Waals surface area contributed by atoms with E-state index in [1.165, 1.54) is 0 Å². The number of piperazine rings is 1. The van der Waals surface area contributed by atoms with Crippen LogP contribution < -0.4 is 4.90 Å². The van der Waals surface area contributed by atoms with Gasteiger partial charge in [-0.3, -0.25) is 4.79 Å². The summed E-state index contributed by atoms with van der Waals surface area (Å²) in [6, 6.07) is 7.50. The average Bonchev–Trinajstić information content (AvgIpc) is 2.48. The van der Waals surface area contributed by atoms with Gasteiger partial charge in [0, 0.05) is 37.4 Å². The van der Waals surface area contributed by atoms with Crippen LogP contribution >= 0.6 is 0 Å². The van der Waals surface area contributed by atoms with Crippen molar-refractivity contribution in [1.82, 2.24) is 4.90 Å². The molecule has 0 radical (unpaired) electrons. The first-order valence-electron chi connectivity index (χ1n) is 6.46. The van der Waals surface area contributed by atoms with Crippen molar-refractivity contribution in [3.8, 4) is 0 Å². The standard InChI is InChI=1S/C14H18N2O3/c1-2-19-14(18)16-8-6-15(7-9-16)13-5-3-4-12(10-13)11-17/h3-5,10-11H,2,6-9H2,1H3. The maximum atomic E-state index is 11.6. The van der Waals surface area contributed by atoms with Crippen molar-refractivity contribution in [3.63, 3.8) is 0 Å².